The van der Waals surface area contributed by atoms with E-state index in [9.17, 15) is 0 Å². The van der Waals surface area contributed by atoms with E-state index in [0.29, 0.717) is 5.71 Å². The molecule has 1 aliphatic carbocycles. The van der Waals surface area contributed by atoms with Gasteiger partial charge in [-0.05, 0) is 47.9 Å². The minimum Gasteiger partial charge on any atom is -0.437 e. The number of furan rings is 1. The second-order valence-corrected chi connectivity index (χ2v) is 9.10. The summed E-state index contributed by atoms with van der Waals surface area (Å²) in [5.41, 5.74) is 5.48. The molecule has 0 N–H and O–H groups in total. The van der Waals surface area contributed by atoms with E-state index in [1.165, 1.54) is 12.0 Å². The van der Waals surface area contributed by atoms with Crippen molar-refractivity contribution in [3.05, 3.63) is 72.1 Å². The van der Waals surface area contributed by atoms with Crippen LogP contribution >= 0.6 is 0 Å². The molecule has 1 aliphatic rings. The van der Waals surface area contributed by atoms with Crippen LogP contribution in [0.3, 0.4) is 0 Å². The summed E-state index contributed by atoms with van der Waals surface area (Å²) in [4.78, 5) is 4.50. The second-order valence-electron chi connectivity index (χ2n) is 9.10. The molecule has 1 saturated carbocycles. The summed E-state index contributed by atoms with van der Waals surface area (Å²) < 4.78 is 26.6. The fraction of sp³-hybridized carbons (Fsp3) is 0.310. The molecule has 0 radical (unpaired) electrons. The molecule has 0 saturated heterocycles. The lowest BCUT2D eigenvalue weighted by Gasteiger charge is -2.21. The molecule has 3 heterocycles. The molecule has 0 atom stereocenters. The van der Waals surface area contributed by atoms with E-state index in [0.717, 1.165) is 69.6 Å². The van der Waals surface area contributed by atoms with Crippen LogP contribution in [0.1, 0.15) is 46.0 Å². The van der Waals surface area contributed by atoms with Gasteiger partial charge in [0.05, 0.1) is 5.56 Å². The first kappa shape index (κ1) is 17.4. The van der Waals surface area contributed by atoms with Gasteiger partial charge in [0.15, 0.2) is 6.20 Å². The number of aryl methyl sites for hydroxylation is 2. The highest BCUT2D eigenvalue weighted by molar-refractivity contribution is 6.21. The fourth-order valence-electron chi connectivity index (χ4n) is 5.41. The average Bonchev–Trinajstić information content (AvgIpc) is 3.25. The Bertz CT molecular complexity index is 1550. The third-order valence-corrected chi connectivity index (χ3v) is 7.05. The number of pyridine rings is 2. The maximum atomic E-state index is 9.07. The molecule has 0 unspecified atom stereocenters. The van der Waals surface area contributed by atoms with Gasteiger partial charge in [-0.25, -0.2) is 9.55 Å². The summed E-state index contributed by atoms with van der Waals surface area (Å²) in [7, 11) is 2.04. The molecular formula is C29H29N2O+. The molecule has 1 fully saturated rings. The van der Waals surface area contributed by atoms with Crippen molar-refractivity contribution in [2.45, 2.75) is 45.4 Å². The zero-order chi connectivity index (χ0) is 23.4. The van der Waals surface area contributed by atoms with Crippen molar-refractivity contribution in [1.29, 1.82) is 0 Å². The first-order valence-corrected chi connectivity index (χ1v) is 11.7. The highest BCUT2D eigenvalue weighted by atomic mass is 16.3. The zero-order valence-corrected chi connectivity index (χ0v) is 18.7. The Labute approximate surface area is 191 Å². The van der Waals surface area contributed by atoms with Crippen LogP contribution in [0.5, 0.6) is 0 Å². The van der Waals surface area contributed by atoms with Gasteiger partial charge in [-0.15, -0.1) is 0 Å². The number of nitrogens with zero attached hydrogens (tertiary/aromatic N) is 2. The summed E-state index contributed by atoms with van der Waals surface area (Å²) in [6.45, 7) is 2.16. The predicted octanol–water partition coefficient (Wildman–Crippen LogP) is 7.06. The van der Waals surface area contributed by atoms with Crippen LogP contribution < -0.4 is 4.57 Å². The fourth-order valence-corrected chi connectivity index (χ4v) is 5.41. The molecule has 32 heavy (non-hydrogen) atoms. The molecule has 2 aromatic carbocycles. The number of benzene rings is 2. The van der Waals surface area contributed by atoms with Crippen LogP contribution in [-0.4, -0.2) is 4.98 Å². The topological polar surface area (TPSA) is 29.9 Å². The third kappa shape index (κ3) is 3.10. The molecule has 160 valence electrons. The minimum absolute atomic E-state index is 0.0680. The standard InChI is InChI=1S/C29H29N2O/c1-19-22-11-6-7-12-23(22)28-27(24-13-8-15-30-29(24)32-28)26(19)25-18-21(14-16-31(25)2)17-20-9-4-3-5-10-20/h6-8,11-16,18,20H,3-5,9-10,17H2,1-2H3/q+1/i17D2. The lowest BCUT2D eigenvalue weighted by Crippen LogP contribution is -2.31. The molecule has 3 nitrogen and oxygen atoms in total. The van der Waals surface area contributed by atoms with Crippen molar-refractivity contribution in [3.8, 4) is 11.3 Å². The van der Waals surface area contributed by atoms with E-state index in [4.69, 9.17) is 7.16 Å². The van der Waals surface area contributed by atoms with Gasteiger partial charge in [0.25, 0.3) is 0 Å². The maximum Gasteiger partial charge on any atom is 0.227 e. The molecule has 5 aromatic rings. The first-order valence-electron chi connectivity index (χ1n) is 12.7. The van der Waals surface area contributed by atoms with Crippen molar-refractivity contribution < 1.29 is 11.7 Å². The summed E-state index contributed by atoms with van der Waals surface area (Å²) in [6.07, 6.45) is 7.79. The Morgan fingerprint density at radius 3 is 2.66 bits per heavy atom. The van der Waals surface area contributed by atoms with E-state index in [-0.39, 0.29) is 5.92 Å². The van der Waals surface area contributed by atoms with Crippen LogP contribution in [0.4, 0.5) is 0 Å². The number of rotatable bonds is 3. The van der Waals surface area contributed by atoms with E-state index < -0.39 is 6.37 Å². The average molecular weight is 424 g/mol. The van der Waals surface area contributed by atoms with E-state index in [2.05, 4.69) is 46.8 Å². The Morgan fingerprint density at radius 1 is 1.03 bits per heavy atom. The van der Waals surface area contributed by atoms with Gasteiger partial charge >= 0.3 is 0 Å². The monoisotopic (exact) mass is 423 g/mol. The molecule has 3 heteroatoms. The van der Waals surface area contributed by atoms with Gasteiger partial charge in [0.2, 0.25) is 11.4 Å². The molecule has 0 spiro atoms. The Kier molecular flexibility index (Phi) is 4.20. The normalized spacial score (nSPS) is 16.6. The molecule has 6 rings (SSSR count). The van der Waals surface area contributed by atoms with E-state index in [1.54, 1.807) is 6.20 Å². The number of hydrogen-bond donors (Lipinski definition) is 0. The number of fused-ring (bicyclic) bond motifs is 5. The van der Waals surface area contributed by atoms with Gasteiger partial charge in [-0.1, -0.05) is 56.4 Å². The summed E-state index contributed by atoms with van der Waals surface area (Å²) in [6, 6.07) is 16.4. The van der Waals surface area contributed by atoms with Crippen molar-refractivity contribution in [2.24, 2.45) is 13.0 Å². The minimum atomic E-state index is -1.35. The summed E-state index contributed by atoms with van der Waals surface area (Å²) in [5, 5.41) is 4.25. The Morgan fingerprint density at radius 2 is 1.81 bits per heavy atom. The molecule has 0 bridgehead atoms. The van der Waals surface area contributed by atoms with Gasteiger partial charge in [-0.2, -0.15) is 0 Å². The van der Waals surface area contributed by atoms with Gasteiger partial charge in [0, 0.05) is 37.2 Å². The number of aromatic nitrogens is 2. The van der Waals surface area contributed by atoms with Crippen LogP contribution in [-0.2, 0) is 13.4 Å². The van der Waals surface area contributed by atoms with Crippen LogP contribution in [0, 0.1) is 12.8 Å². The van der Waals surface area contributed by atoms with Crippen molar-refractivity contribution in [1.82, 2.24) is 4.98 Å². The molecule has 0 amide bonds. The molecule has 0 aliphatic heterocycles. The van der Waals surface area contributed by atoms with Crippen molar-refractivity contribution in [2.75, 3.05) is 0 Å². The maximum absolute atomic E-state index is 9.07. The lowest BCUT2D eigenvalue weighted by molar-refractivity contribution is -0.660. The highest BCUT2D eigenvalue weighted by Crippen LogP contribution is 2.42. The predicted molar refractivity (Wildman–Crippen MR) is 131 cm³/mol. The Hall–Kier alpha value is -3.20. The lowest BCUT2D eigenvalue weighted by atomic mass is 9.84. The van der Waals surface area contributed by atoms with Crippen LogP contribution in [0.25, 0.3) is 44.1 Å². The molecule has 3 aromatic heterocycles. The van der Waals surface area contributed by atoms with Gasteiger partial charge in [-0.3, -0.25) is 0 Å². The first-order chi connectivity index (χ1) is 16.5. The highest BCUT2D eigenvalue weighted by Gasteiger charge is 2.25. The number of hydrogen-bond acceptors (Lipinski definition) is 2. The van der Waals surface area contributed by atoms with Crippen molar-refractivity contribution in [3.63, 3.8) is 0 Å². The summed E-state index contributed by atoms with van der Waals surface area (Å²) in [5.74, 6) is 0.0680. The van der Waals surface area contributed by atoms with E-state index in [1.807, 2.05) is 31.4 Å². The van der Waals surface area contributed by atoms with Crippen LogP contribution in [0.2, 0.25) is 0 Å². The largest absolute Gasteiger partial charge is 0.437 e. The summed E-state index contributed by atoms with van der Waals surface area (Å²) >= 11 is 0. The zero-order valence-electron chi connectivity index (χ0n) is 20.7. The Balaban J connectivity index is 1.67. The van der Waals surface area contributed by atoms with Crippen molar-refractivity contribution >= 4 is 32.8 Å². The van der Waals surface area contributed by atoms with Gasteiger partial charge < -0.3 is 4.42 Å². The third-order valence-electron chi connectivity index (χ3n) is 7.05. The smallest absolute Gasteiger partial charge is 0.227 e. The van der Waals surface area contributed by atoms with E-state index >= 15 is 0 Å². The SMILES string of the molecule is [2H]C([2H])(c1cc[n+](C)c(-c2c(C)c3ccccc3c3oc4ncccc4c23)c1)C1CCCCC1. The molecular weight excluding hydrogens is 392 g/mol. The van der Waals surface area contributed by atoms with Crippen LogP contribution in [0.15, 0.2) is 65.3 Å². The second kappa shape index (κ2) is 7.74. The quantitative estimate of drug-likeness (QED) is 0.291. The van der Waals surface area contributed by atoms with Gasteiger partial charge in [0.1, 0.15) is 12.6 Å².